The molecule has 0 fully saturated rings. The third-order valence-electron chi connectivity index (χ3n) is 3.96. The van der Waals surface area contributed by atoms with Crippen LogP contribution in [0.5, 0.6) is 5.75 Å². The first-order valence-electron chi connectivity index (χ1n) is 8.40. The highest BCUT2D eigenvalue weighted by Gasteiger charge is 2.17. The summed E-state index contributed by atoms with van der Waals surface area (Å²) in [6.45, 7) is 1.74. The number of para-hydroxylation sites is 2. The molecule has 4 rings (SSSR count). The topological polar surface area (TPSA) is 108 Å². The fraction of sp³-hybridized carbons (Fsp3) is 0.105. The molecule has 0 unspecified atom stereocenters. The summed E-state index contributed by atoms with van der Waals surface area (Å²) in [4.78, 5) is 25.4. The van der Waals surface area contributed by atoms with Crippen LogP contribution in [0.15, 0.2) is 59.6 Å². The Labute approximate surface area is 160 Å². The van der Waals surface area contributed by atoms with Crippen LogP contribution >= 0.6 is 0 Å². The van der Waals surface area contributed by atoms with Crippen molar-refractivity contribution in [2.24, 2.45) is 0 Å². The number of methoxy groups -OCH3 is 1. The van der Waals surface area contributed by atoms with Crippen molar-refractivity contribution in [3.05, 3.63) is 66.6 Å². The van der Waals surface area contributed by atoms with E-state index < -0.39 is 0 Å². The number of carbonyl (C=O) groups excluding carboxylic acids is 1. The monoisotopic (exact) mass is 376 g/mol. The second-order valence-corrected chi connectivity index (χ2v) is 5.84. The second kappa shape index (κ2) is 7.31. The maximum Gasteiger partial charge on any atom is 0.275 e. The molecule has 0 spiro atoms. The van der Waals surface area contributed by atoms with Gasteiger partial charge in [0.25, 0.3) is 11.8 Å². The molecular formula is C19H16N6O3. The molecular weight excluding hydrogens is 360 g/mol. The van der Waals surface area contributed by atoms with E-state index in [-0.39, 0.29) is 11.6 Å². The van der Waals surface area contributed by atoms with Crippen molar-refractivity contribution in [2.75, 3.05) is 12.4 Å². The Morgan fingerprint density at radius 3 is 2.82 bits per heavy atom. The van der Waals surface area contributed by atoms with Gasteiger partial charge >= 0.3 is 0 Å². The van der Waals surface area contributed by atoms with Gasteiger partial charge in [0.1, 0.15) is 17.8 Å². The van der Waals surface area contributed by atoms with Crippen molar-refractivity contribution < 1.29 is 14.1 Å². The average Bonchev–Trinajstić information content (AvgIpc) is 3.38. The van der Waals surface area contributed by atoms with Gasteiger partial charge in [0.2, 0.25) is 0 Å². The Balaban J connectivity index is 1.63. The lowest BCUT2D eigenvalue weighted by Crippen LogP contribution is -2.13. The summed E-state index contributed by atoms with van der Waals surface area (Å²) in [5.41, 5.74) is 1.42. The molecule has 140 valence electrons. The fourth-order valence-corrected chi connectivity index (χ4v) is 2.67. The predicted octanol–water partition coefficient (Wildman–Crippen LogP) is 2.89. The van der Waals surface area contributed by atoms with Crippen molar-refractivity contribution in [1.82, 2.24) is 24.7 Å². The number of ether oxygens (including phenoxy) is 1. The molecule has 1 N–H and O–H groups in total. The van der Waals surface area contributed by atoms with Crippen LogP contribution in [0.3, 0.4) is 0 Å². The Kier molecular flexibility index (Phi) is 4.55. The molecule has 1 aromatic carbocycles. The van der Waals surface area contributed by atoms with Crippen LogP contribution in [0.4, 0.5) is 5.69 Å². The van der Waals surface area contributed by atoms with E-state index in [2.05, 4.69) is 25.4 Å². The summed E-state index contributed by atoms with van der Waals surface area (Å²) < 4.78 is 12.1. The number of anilines is 1. The van der Waals surface area contributed by atoms with Gasteiger partial charge in [-0.3, -0.25) is 9.36 Å². The number of benzene rings is 1. The number of hydrogen-bond acceptors (Lipinski definition) is 7. The van der Waals surface area contributed by atoms with Crippen molar-refractivity contribution >= 4 is 11.6 Å². The van der Waals surface area contributed by atoms with Gasteiger partial charge in [0.15, 0.2) is 11.6 Å². The molecule has 0 bridgehead atoms. The van der Waals surface area contributed by atoms with Gasteiger partial charge in [-0.05, 0) is 31.2 Å². The molecule has 0 saturated heterocycles. The minimum Gasteiger partial charge on any atom is -0.495 e. The van der Waals surface area contributed by atoms with Gasteiger partial charge in [-0.2, -0.15) is 4.98 Å². The average molecular weight is 376 g/mol. The van der Waals surface area contributed by atoms with E-state index in [0.717, 1.165) is 0 Å². The van der Waals surface area contributed by atoms with Crippen molar-refractivity contribution in [3.8, 4) is 23.0 Å². The quantitative estimate of drug-likeness (QED) is 0.570. The second-order valence-electron chi connectivity index (χ2n) is 5.84. The largest absolute Gasteiger partial charge is 0.495 e. The first-order chi connectivity index (χ1) is 13.7. The van der Waals surface area contributed by atoms with Crippen LogP contribution in [0.25, 0.3) is 17.3 Å². The number of carbonyl (C=O) groups is 1. The lowest BCUT2D eigenvalue weighted by Gasteiger charge is -2.08. The number of rotatable bonds is 5. The zero-order valence-corrected chi connectivity index (χ0v) is 15.2. The number of nitrogens with one attached hydrogen (secondary N) is 1. The molecule has 0 atom stereocenters. The number of aromatic nitrogens is 5. The van der Waals surface area contributed by atoms with Crippen LogP contribution in [0.1, 0.15) is 16.3 Å². The van der Waals surface area contributed by atoms with E-state index in [1.54, 1.807) is 49.2 Å². The van der Waals surface area contributed by atoms with E-state index in [9.17, 15) is 4.79 Å². The van der Waals surface area contributed by atoms with Crippen LogP contribution in [0.2, 0.25) is 0 Å². The molecule has 28 heavy (non-hydrogen) atoms. The lowest BCUT2D eigenvalue weighted by atomic mass is 10.2. The first-order valence-corrected chi connectivity index (χ1v) is 8.40. The molecule has 4 aromatic rings. The van der Waals surface area contributed by atoms with E-state index in [1.807, 2.05) is 18.2 Å². The van der Waals surface area contributed by atoms with Gasteiger partial charge in [-0.1, -0.05) is 17.3 Å². The summed E-state index contributed by atoms with van der Waals surface area (Å²) in [7, 11) is 1.54. The first kappa shape index (κ1) is 17.4. The molecule has 0 aliphatic heterocycles. The maximum atomic E-state index is 12.6. The fourth-order valence-electron chi connectivity index (χ4n) is 2.67. The SMILES string of the molecule is COc1ccccc1NC(=O)c1cn(-c2ncccc2-c2nc(C)no2)cn1. The van der Waals surface area contributed by atoms with Gasteiger partial charge in [0.05, 0.1) is 18.4 Å². The highest BCUT2D eigenvalue weighted by Crippen LogP contribution is 2.25. The molecule has 9 heteroatoms. The Morgan fingerprint density at radius 1 is 1.18 bits per heavy atom. The summed E-state index contributed by atoms with van der Waals surface area (Å²) in [6.07, 6.45) is 4.72. The molecule has 3 aromatic heterocycles. The van der Waals surface area contributed by atoms with E-state index in [4.69, 9.17) is 9.26 Å². The lowest BCUT2D eigenvalue weighted by molar-refractivity contribution is 0.102. The smallest absolute Gasteiger partial charge is 0.275 e. The Morgan fingerprint density at radius 2 is 2.04 bits per heavy atom. The van der Waals surface area contributed by atoms with Gasteiger partial charge in [0, 0.05) is 12.4 Å². The molecule has 0 radical (unpaired) electrons. The number of aryl methyl sites for hydroxylation is 1. The zero-order chi connectivity index (χ0) is 19.5. The standard InChI is InChI=1S/C19H16N6O3/c1-12-22-19(28-24-12)13-6-5-9-20-17(13)25-10-15(21-11-25)18(26)23-14-7-3-4-8-16(14)27-2/h3-11H,1-2H3,(H,23,26). The number of pyridine rings is 1. The summed E-state index contributed by atoms with van der Waals surface area (Å²) in [5, 5.41) is 6.60. The highest BCUT2D eigenvalue weighted by molar-refractivity contribution is 6.03. The van der Waals surface area contributed by atoms with Crippen molar-refractivity contribution in [3.63, 3.8) is 0 Å². The normalized spacial score (nSPS) is 10.6. The molecule has 9 nitrogen and oxygen atoms in total. The van der Waals surface area contributed by atoms with Gasteiger partial charge in [-0.25, -0.2) is 9.97 Å². The van der Waals surface area contributed by atoms with Crippen LogP contribution in [-0.2, 0) is 0 Å². The number of hydrogen-bond donors (Lipinski definition) is 1. The maximum absolute atomic E-state index is 12.6. The van der Waals surface area contributed by atoms with Crippen molar-refractivity contribution in [1.29, 1.82) is 0 Å². The Bertz CT molecular complexity index is 1130. The molecule has 0 aliphatic carbocycles. The van der Waals surface area contributed by atoms with E-state index in [0.29, 0.717) is 34.5 Å². The van der Waals surface area contributed by atoms with E-state index >= 15 is 0 Å². The minimum absolute atomic E-state index is 0.226. The summed E-state index contributed by atoms with van der Waals surface area (Å²) >= 11 is 0. The molecule has 0 saturated carbocycles. The number of imidazole rings is 1. The highest BCUT2D eigenvalue weighted by atomic mass is 16.5. The molecule has 1 amide bonds. The predicted molar refractivity (Wildman–Crippen MR) is 100 cm³/mol. The molecule has 0 aliphatic rings. The van der Waals surface area contributed by atoms with Crippen molar-refractivity contribution in [2.45, 2.75) is 6.92 Å². The summed E-state index contributed by atoms with van der Waals surface area (Å²) in [5.74, 6) is 1.58. The van der Waals surface area contributed by atoms with E-state index in [1.165, 1.54) is 6.33 Å². The summed E-state index contributed by atoms with van der Waals surface area (Å²) in [6, 6.07) is 10.7. The molecule has 3 heterocycles. The third-order valence-corrected chi connectivity index (χ3v) is 3.96. The van der Waals surface area contributed by atoms with Crippen LogP contribution in [-0.4, -0.2) is 37.7 Å². The minimum atomic E-state index is -0.366. The van der Waals surface area contributed by atoms with Gasteiger partial charge < -0.3 is 14.6 Å². The zero-order valence-electron chi connectivity index (χ0n) is 15.2. The van der Waals surface area contributed by atoms with Crippen LogP contribution in [0, 0.1) is 6.92 Å². The van der Waals surface area contributed by atoms with Crippen LogP contribution < -0.4 is 10.1 Å². The van der Waals surface area contributed by atoms with Gasteiger partial charge in [-0.15, -0.1) is 0 Å². The number of nitrogens with zero attached hydrogens (tertiary/aromatic N) is 5. The number of amides is 1. The Hall–Kier alpha value is -4.01. The third kappa shape index (κ3) is 3.32.